The van der Waals surface area contributed by atoms with Crippen LogP contribution in [0.4, 0.5) is 4.53 Å². The van der Waals surface area contributed by atoms with E-state index in [-0.39, 0.29) is 11.9 Å². The molecule has 0 radical (unpaired) electrons. The second kappa shape index (κ2) is 6.17. The monoisotopic (exact) mass is 220 g/mol. The van der Waals surface area contributed by atoms with Gasteiger partial charge in [-0.05, 0) is 4.53 Å². The van der Waals surface area contributed by atoms with Crippen molar-refractivity contribution in [1.82, 2.24) is 0 Å². The molecule has 0 aliphatic carbocycles. The molecule has 2 aliphatic heterocycles. The Morgan fingerprint density at radius 1 is 1.40 bits per heavy atom. The van der Waals surface area contributed by atoms with Gasteiger partial charge in [0.15, 0.2) is 5.79 Å². The van der Waals surface area contributed by atoms with E-state index in [0.29, 0.717) is 19.8 Å². The molecule has 0 aromatic carbocycles. The number of hydrogen-bond donors (Lipinski definition) is 0. The van der Waals surface area contributed by atoms with Crippen LogP contribution in [0.1, 0.15) is 12.8 Å². The summed E-state index contributed by atoms with van der Waals surface area (Å²) in [6.07, 6.45) is 3.54. The van der Waals surface area contributed by atoms with E-state index in [0.717, 1.165) is 20.0 Å². The first kappa shape index (κ1) is 12.6. The summed E-state index contributed by atoms with van der Waals surface area (Å²) in [5.41, 5.74) is 0. The highest BCUT2D eigenvalue weighted by molar-refractivity contribution is 4.90. The lowest BCUT2D eigenvalue weighted by Gasteiger charge is -2.34. The van der Waals surface area contributed by atoms with E-state index in [1.54, 1.807) is 0 Å². The lowest BCUT2D eigenvalue weighted by atomic mass is 10.0. The van der Waals surface area contributed by atoms with Gasteiger partial charge in [0.25, 0.3) is 0 Å². The van der Waals surface area contributed by atoms with Crippen molar-refractivity contribution in [3.8, 4) is 0 Å². The van der Waals surface area contributed by atoms with Gasteiger partial charge in [-0.1, -0.05) is 6.08 Å². The third-order valence-corrected chi connectivity index (χ3v) is 2.40. The van der Waals surface area contributed by atoms with Crippen molar-refractivity contribution in [2.75, 3.05) is 26.9 Å². The first-order valence-electron chi connectivity index (χ1n) is 4.93. The van der Waals surface area contributed by atoms with Gasteiger partial charge in [0.1, 0.15) is 0 Å². The molecule has 2 fully saturated rings. The number of ether oxygens (including phenoxy) is 3. The maximum Gasteiger partial charge on any atom is 0.173 e. The molecule has 2 rings (SSSR count). The predicted molar refractivity (Wildman–Crippen MR) is 51.9 cm³/mol. The Morgan fingerprint density at radius 3 is 2.53 bits per heavy atom. The molecule has 1 unspecified atom stereocenters. The molecule has 0 bridgehead atoms. The van der Waals surface area contributed by atoms with Gasteiger partial charge in [-0.3, -0.25) is 0 Å². The van der Waals surface area contributed by atoms with E-state index in [4.69, 9.17) is 14.2 Å². The van der Waals surface area contributed by atoms with Crippen LogP contribution >= 0.6 is 0 Å². The first-order chi connectivity index (χ1) is 7.26. The quantitative estimate of drug-likeness (QED) is 0.629. The van der Waals surface area contributed by atoms with E-state index < -0.39 is 0 Å². The average Bonchev–Trinajstić information content (AvgIpc) is 2.67. The lowest BCUT2D eigenvalue weighted by Crippen LogP contribution is -2.41. The molecule has 1 spiro atoms. The van der Waals surface area contributed by atoms with Gasteiger partial charge >= 0.3 is 0 Å². The van der Waals surface area contributed by atoms with E-state index in [2.05, 4.69) is 11.5 Å². The zero-order valence-electron chi connectivity index (χ0n) is 8.91. The Morgan fingerprint density at radius 2 is 2.00 bits per heavy atom. The summed E-state index contributed by atoms with van der Waals surface area (Å²) in [5.74, 6) is -0.350. The zero-order chi connectivity index (χ0) is 11.1. The van der Waals surface area contributed by atoms with Crippen molar-refractivity contribution in [3.05, 3.63) is 12.7 Å². The molecular formula is C10H17FO4. The highest BCUT2D eigenvalue weighted by atomic mass is 19.3. The molecule has 5 heteroatoms. The third-order valence-electron chi connectivity index (χ3n) is 2.40. The molecule has 0 aromatic rings. The van der Waals surface area contributed by atoms with Crippen LogP contribution in [0.2, 0.25) is 0 Å². The third kappa shape index (κ3) is 3.53. The topological polar surface area (TPSA) is 36.9 Å². The van der Waals surface area contributed by atoms with E-state index >= 15 is 0 Å². The minimum absolute atomic E-state index is 0.0943. The van der Waals surface area contributed by atoms with Crippen molar-refractivity contribution in [2.45, 2.75) is 24.7 Å². The van der Waals surface area contributed by atoms with E-state index in [1.165, 1.54) is 0 Å². The van der Waals surface area contributed by atoms with Crippen LogP contribution in [0.25, 0.3) is 0 Å². The van der Waals surface area contributed by atoms with Crippen molar-refractivity contribution >= 4 is 0 Å². The van der Waals surface area contributed by atoms with E-state index in [9.17, 15) is 4.53 Å². The van der Waals surface area contributed by atoms with Crippen LogP contribution in [0.5, 0.6) is 0 Å². The highest BCUT2D eigenvalue weighted by Crippen LogP contribution is 2.33. The van der Waals surface area contributed by atoms with Crippen molar-refractivity contribution in [2.24, 2.45) is 0 Å². The molecule has 2 aliphatic rings. The Hall–Kier alpha value is -0.490. The molecule has 15 heavy (non-hydrogen) atoms. The first-order valence-corrected chi connectivity index (χ1v) is 4.93. The molecule has 0 amide bonds. The molecule has 2 saturated heterocycles. The van der Waals surface area contributed by atoms with Gasteiger partial charge in [0.05, 0.1) is 33.0 Å². The maximum atomic E-state index is 9.79. The van der Waals surface area contributed by atoms with Gasteiger partial charge in [0, 0.05) is 12.8 Å². The minimum atomic E-state index is -0.350. The van der Waals surface area contributed by atoms with Gasteiger partial charge in [-0.15, -0.1) is 6.58 Å². The van der Waals surface area contributed by atoms with Crippen LogP contribution in [0.15, 0.2) is 12.7 Å². The molecular weight excluding hydrogens is 203 g/mol. The van der Waals surface area contributed by atoms with Gasteiger partial charge in [-0.2, -0.15) is 4.94 Å². The largest absolute Gasteiger partial charge is 0.374 e. The summed E-state index contributed by atoms with van der Waals surface area (Å²) >= 11 is 0. The maximum absolute atomic E-state index is 9.79. The Labute approximate surface area is 88.8 Å². The normalized spacial score (nSPS) is 28.3. The fourth-order valence-corrected chi connectivity index (χ4v) is 1.74. The van der Waals surface area contributed by atoms with Gasteiger partial charge < -0.3 is 14.2 Å². The lowest BCUT2D eigenvalue weighted by molar-refractivity contribution is -0.213. The fraction of sp³-hybridized carbons (Fsp3) is 0.800. The van der Waals surface area contributed by atoms with Crippen molar-refractivity contribution in [1.29, 1.82) is 0 Å². The average molecular weight is 220 g/mol. The Balaban J connectivity index is 0.000000337. The minimum Gasteiger partial charge on any atom is -0.374 e. The highest BCUT2D eigenvalue weighted by Gasteiger charge is 2.41. The van der Waals surface area contributed by atoms with Crippen LogP contribution in [-0.4, -0.2) is 38.8 Å². The summed E-state index contributed by atoms with van der Waals surface area (Å²) < 4.78 is 26.4. The van der Waals surface area contributed by atoms with E-state index in [1.807, 2.05) is 6.08 Å². The second-order valence-corrected chi connectivity index (χ2v) is 3.36. The smallest absolute Gasteiger partial charge is 0.173 e. The summed E-state index contributed by atoms with van der Waals surface area (Å²) in [4.78, 5) is 2.75. The molecule has 4 nitrogen and oxygen atoms in total. The molecule has 88 valence electrons. The summed E-state index contributed by atoms with van der Waals surface area (Å²) in [5, 5.41) is 0. The Bertz CT molecular complexity index is 192. The number of hydrogen-bond acceptors (Lipinski definition) is 4. The standard InChI is InChI=1S/C9H14O3.CH3FO/c1-2-8-7-9(3-4-10-8)11-5-6-12-9;1-3-2/h2,8H,1,3-7H2;1H3. The summed E-state index contributed by atoms with van der Waals surface area (Å²) in [6, 6.07) is 0. The molecule has 0 aromatic heterocycles. The van der Waals surface area contributed by atoms with Gasteiger partial charge in [-0.25, -0.2) is 0 Å². The fourth-order valence-electron chi connectivity index (χ4n) is 1.74. The van der Waals surface area contributed by atoms with Crippen molar-refractivity contribution in [3.63, 3.8) is 0 Å². The SMILES string of the molecule is C=CC1CC2(CCO1)OCCO2.COF. The van der Waals surface area contributed by atoms with Crippen molar-refractivity contribution < 1.29 is 23.7 Å². The predicted octanol–water partition coefficient (Wildman–Crippen LogP) is 1.61. The number of halogens is 1. The number of rotatable bonds is 1. The molecule has 2 heterocycles. The molecule has 0 saturated carbocycles. The van der Waals surface area contributed by atoms with Crippen LogP contribution in [-0.2, 0) is 19.2 Å². The van der Waals surface area contributed by atoms with Crippen LogP contribution < -0.4 is 0 Å². The van der Waals surface area contributed by atoms with Crippen LogP contribution in [0, 0.1) is 0 Å². The summed E-state index contributed by atoms with van der Waals surface area (Å²) in [6.45, 7) is 5.83. The molecule has 0 N–H and O–H groups in total. The second-order valence-electron chi connectivity index (χ2n) is 3.36. The molecule has 1 atom stereocenters. The van der Waals surface area contributed by atoms with Crippen LogP contribution in [0.3, 0.4) is 0 Å². The zero-order valence-corrected chi connectivity index (χ0v) is 8.91. The van der Waals surface area contributed by atoms with Gasteiger partial charge in [0.2, 0.25) is 0 Å². The Kier molecular flexibility index (Phi) is 5.17. The summed E-state index contributed by atoms with van der Waals surface area (Å²) in [7, 11) is 0.958.